The Morgan fingerprint density at radius 3 is 1.07 bits per heavy atom. The van der Waals surface area contributed by atoms with Crippen LogP contribution in [0.1, 0.15) is 19.3 Å². The maximum Gasteiger partial charge on any atom is 0.350 e. The summed E-state index contributed by atoms with van der Waals surface area (Å²) in [6.07, 6.45) is 0. The number of hydrogen-bond acceptors (Lipinski definition) is 18. The molecule has 0 N–H and O–H groups in total. The zero-order valence-electron chi connectivity index (χ0n) is 34.2. The summed E-state index contributed by atoms with van der Waals surface area (Å²) >= 11 is 2.35. The standard InChI is InChI=1S/C42H40N2O12S4/c1-47-25-13-11-21(15-27(25)49-3)35-37(41(45)55-9)57-39(43-35)23-17-29(51-5)31(53-7)19-33(23)59-60-34-20-32(54-8)30(52-6)18-24(34)40-44-36(38(58-40)42(46)56-10)22-12-14-26(48-2)28(16-22)50-4/h11-20H,1-10H3. The van der Waals surface area contributed by atoms with Crippen LogP contribution in [0.5, 0.6) is 46.0 Å². The highest BCUT2D eigenvalue weighted by molar-refractivity contribution is 8.76. The van der Waals surface area contributed by atoms with Gasteiger partial charge in [-0.05, 0) is 60.7 Å². The van der Waals surface area contributed by atoms with E-state index in [-0.39, 0.29) is 9.75 Å². The molecule has 0 fully saturated rings. The second-order valence-electron chi connectivity index (χ2n) is 12.1. The third-order valence-electron chi connectivity index (χ3n) is 8.96. The first-order valence-corrected chi connectivity index (χ1v) is 21.4. The highest BCUT2D eigenvalue weighted by Crippen LogP contribution is 2.52. The summed E-state index contributed by atoms with van der Waals surface area (Å²) in [5.41, 5.74) is 3.37. The number of esters is 2. The Bertz CT molecular complexity index is 2360. The van der Waals surface area contributed by atoms with Crippen molar-refractivity contribution in [1.82, 2.24) is 9.97 Å². The van der Waals surface area contributed by atoms with E-state index in [0.717, 1.165) is 9.79 Å². The van der Waals surface area contributed by atoms with E-state index in [1.165, 1.54) is 72.7 Å². The molecule has 0 aliphatic rings. The van der Waals surface area contributed by atoms with Crippen LogP contribution in [0.4, 0.5) is 0 Å². The topological polar surface area (TPSA) is 152 Å². The molecule has 18 heteroatoms. The van der Waals surface area contributed by atoms with Gasteiger partial charge in [-0.15, -0.1) is 22.7 Å². The molecule has 0 aliphatic carbocycles. The van der Waals surface area contributed by atoms with Crippen LogP contribution in [-0.2, 0) is 9.47 Å². The second-order valence-corrected chi connectivity index (χ2v) is 16.3. The van der Waals surface area contributed by atoms with Crippen molar-refractivity contribution >= 4 is 56.2 Å². The smallest absolute Gasteiger partial charge is 0.350 e. The van der Waals surface area contributed by atoms with E-state index in [1.54, 1.807) is 79.1 Å². The van der Waals surface area contributed by atoms with Crippen molar-refractivity contribution in [3.05, 3.63) is 70.4 Å². The van der Waals surface area contributed by atoms with Crippen LogP contribution in [0.25, 0.3) is 43.7 Å². The van der Waals surface area contributed by atoms with Crippen LogP contribution in [0, 0.1) is 0 Å². The first-order chi connectivity index (χ1) is 29.1. The molecule has 6 aromatic rings. The van der Waals surface area contributed by atoms with Gasteiger partial charge in [-0.3, -0.25) is 0 Å². The van der Waals surface area contributed by atoms with Gasteiger partial charge in [-0.2, -0.15) is 0 Å². The van der Waals surface area contributed by atoms with E-state index in [4.69, 9.17) is 57.3 Å². The quantitative estimate of drug-likeness (QED) is 0.0630. The minimum Gasteiger partial charge on any atom is -0.493 e. The molecule has 2 aromatic heterocycles. The Morgan fingerprint density at radius 1 is 0.433 bits per heavy atom. The molecule has 0 aliphatic heterocycles. The fraction of sp³-hybridized carbons (Fsp3) is 0.238. The van der Waals surface area contributed by atoms with Crippen molar-refractivity contribution in [1.29, 1.82) is 0 Å². The fourth-order valence-corrected chi connectivity index (χ4v) is 10.5. The number of carbonyl (C=O) groups excluding carboxylic acids is 2. The summed E-state index contributed by atoms with van der Waals surface area (Å²) in [6.45, 7) is 0. The summed E-state index contributed by atoms with van der Waals surface area (Å²) in [6, 6.07) is 17.9. The summed E-state index contributed by atoms with van der Waals surface area (Å²) in [7, 11) is 17.8. The molecule has 0 amide bonds. The Balaban J connectivity index is 1.49. The van der Waals surface area contributed by atoms with Crippen LogP contribution in [0.2, 0.25) is 0 Å². The van der Waals surface area contributed by atoms with Crippen LogP contribution < -0.4 is 37.9 Å². The maximum atomic E-state index is 13.2. The number of methoxy groups -OCH3 is 10. The van der Waals surface area contributed by atoms with Crippen molar-refractivity contribution in [2.24, 2.45) is 0 Å². The van der Waals surface area contributed by atoms with Crippen LogP contribution >= 0.6 is 44.3 Å². The van der Waals surface area contributed by atoms with Gasteiger partial charge >= 0.3 is 11.9 Å². The Hall–Kier alpha value is -5.82. The fourth-order valence-electron chi connectivity index (χ4n) is 5.97. The van der Waals surface area contributed by atoms with Crippen molar-refractivity contribution in [3.8, 4) is 89.7 Å². The maximum absolute atomic E-state index is 13.2. The summed E-state index contributed by atoms with van der Waals surface area (Å²) in [4.78, 5) is 38.5. The zero-order valence-corrected chi connectivity index (χ0v) is 37.5. The minimum absolute atomic E-state index is 0.288. The van der Waals surface area contributed by atoms with E-state index in [0.29, 0.717) is 89.7 Å². The van der Waals surface area contributed by atoms with E-state index in [9.17, 15) is 9.59 Å². The SMILES string of the molecule is COC(=O)c1sc(-c2cc(OC)c(OC)cc2SSc2cc(OC)c(OC)cc2-c2nc(-c3ccc(OC)c(OC)c3)c(C(=O)OC)s2)nc1-c1ccc(OC)c(OC)c1. The van der Waals surface area contributed by atoms with Crippen molar-refractivity contribution < 1.29 is 57.0 Å². The molecular weight excluding hydrogens is 853 g/mol. The molecule has 60 heavy (non-hydrogen) atoms. The lowest BCUT2D eigenvalue weighted by atomic mass is 10.1. The van der Waals surface area contributed by atoms with Gasteiger partial charge in [0.2, 0.25) is 0 Å². The van der Waals surface area contributed by atoms with Crippen LogP contribution in [0.15, 0.2) is 70.5 Å². The van der Waals surface area contributed by atoms with Gasteiger partial charge in [0.15, 0.2) is 46.0 Å². The second kappa shape index (κ2) is 19.5. The molecule has 0 bridgehead atoms. The summed E-state index contributed by atoms with van der Waals surface area (Å²) in [5.74, 6) is 2.76. The van der Waals surface area contributed by atoms with Gasteiger partial charge in [0.1, 0.15) is 19.8 Å². The normalized spacial score (nSPS) is 10.8. The van der Waals surface area contributed by atoms with Gasteiger partial charge in [-0.1, -0.05) is 21.6 Å². The lowest BCUT2D eigenvalue weighted by Gasteiger charge is -2.15. The minimum atomic E-state index is -0.551. The number of thiazole rings is 2. The van der Waals surface area contributed by atoms with Crippen LogP contribution in [-0.4, -0.2) is 93.0 Å². The number of benzene rings is 4. The molecular formula is C42H40N2O12S4. The third-order valence-corrected chi connectivity index (χ3v) is 13.5. The van der Waals surface area contributed by atoms with E-state index < -0.39 is 11.9 Å². The predicted octanol–water partition coefficient (Wildman–Crippen LogP) is 9.71. The molecule has 4 aromatic carbocycles. The molecule has 6 rings (SSSR count). The van der Waals surface area contributed by atoms with Crippen molar-refractivity contribution in [2.45, 2.75) is 9.79 Å². The van der Waals surface area contributed by atoms with E-state index >= 15 is 0 Å². The molecule has 0 unspecified atom stereocenters. The lowest BCUT2D eigenvalue weighted by molar-refractivity contribution is 0.0598. The number of ether oxygens (including phenoxy) is 10. The lowest BCUT2D eigenvalue weighted by Crippen LogP contribution is -2.00. The van der Waals surface area contributed by atoms with Gasteiger partial charge in [0.05, 0.1) is 82.5 Å². The Kier molecular flexibility index (Phi) is 14.2. The average molecular weight is 893 g/mol. The predicted molar refractivity (Wildman–Crippen MR) is 233 cm³/mol. The van der Waals surface area contributed by atoms with Gasteiger partial charge in [0.25, 0.3) is 0 Å². The zero-order chi connectivity index (χ0) is 43.1. The first kappa shape index (κ1) is 43.8. The highest BCUT2D eigenvalue weighted by Gasteiger charge is 2.27. The molecule has 0 atom stereocenters. The average Bonchev–Trinajstić information content (AvgIpc) is 3.95. The Labute approximate surface area is 362 Å². The summed E-state index contributed by atoms with van der Waals surface area (Å²) in [5, 5.41) is 1.03. The number of aromatic nitrogens is 2. The summed E-state index contributed by atoms with van der Waals surface area (Å²) < 4.78 is 55.3. The van der Waals surface area contributed by atoms with Gasteiger partial charge < -0.3 is 47.4 Å². The van der Waals surface area contributed by atoms with Crippen molar-refractivity contribution in [2.75, 3.05) is 71.1 Å². The molecule has 14 nitrogen and oxygen atoms in total. The van der Waals surface area contributed by atoms with Crippen molar-refractivity contribution in [3.63, 3.8) is 0 Å². The number of rotatable bonds is 17. The number of hydrogen-bond donors (Lipinski definition) is 0. The molecule has 0 saturated heterocycles. The first-order valence-electron chi connectivity index (χ1n) is 17.6. The van der Waals surface area contributed by atoms with Gasteiger partial charge in [-0.25, -0.2) is 19.6 Å². The molecule has 0 spiro atoms. The molecule has 0 saturated carbocycles. The third kappa shape index (κ3) is 8.72. The van der Waals surface area contributed by atoms with Gasteiger partial charge in [0, 0.05) is 32.0 Å². The Morgan fingerprint density at radius 2 is 0.750 bits per heavy atom. The van der Waals surface area contributed by atoms with Crippen LogP contribution in [0.3, 0.4) is 0 Å². The van der Waals surface area contributed by atoms with E-state index in [2.05, 4.69) is 0 Å². The molecule has 314 valence electrons. The number of carbonyl (C=O) groups is 2. The molecule has 2 heterocycles. The highest BCUT2D eigenvalue weighted by atomic mass is 33.1. The monoisotopic (exact) mass is 892 g/mol. The number of nitrogens with zero attached hydrogens (tertiary/aromatic N) is 2. The largest absolute Gasteiger partial charge is 0.493 e. The molecule has 0 radical (unpaired) electrons. The van der Waals surface area contributed by atoms with E-state index in [1.807, 2.05) is 24.3 Å².